The lowest BCUT2D eigenvalue weighted by Crippen LogP contribution is -2.43. The minimum absolute atomic E-state index is 0.0925. The average molecular weight is 263 g/mol. The number of rotatable bonds is 8. The van der Waals surface area contributed by atoms with Crippen LogP contribution in [0.3, 0.4) is 0 Å². The summed E-state index contributed by atoms with van der Waals surface area (Å²) in [5.41, 5.74) is 2.15. The highest BCUT2D eigenvalue weighted by Crippen LogP contribution is 2.20. The first kappa shape index (κ1) is 15.7. The van der Waals surface area contributed by atoms with Crippen LogP contribution in [0.2, 0.25) is 0 Å². The summed E-state index contributed by atoms with van der Waals surface area (Å²) in [4.78, 5) is 10.9. The summed E-state index contributed by atoms with van der Waals surface area (Å²) >= 11 is 0. The highest BCUT2D eigenvalue weighted by Gasteiger charge is 2.22. The zero-order valence-electron chi connectivity index (χ0n) is 12.2. The van der Waals surface area contributed by atoms with E-state index >= 15 is 0 Å². The van der Waals surface area contributed by atoms with Crippen LogP contribution in [-0.2, 0) is 17.8 Å². The molecule has 0 saturated carbocycles. The molecule has 1 aromatic rings. The van der Waals surface area contributed by atoms with Crippen LogP contribution in [0.1, 0.15) is 51.2 Å². The van der Waals surface area contributed by atoms with Gasteiger partial charge in [-0.1, -0.05) is 45.0 Å². The van der Waals surface area contributed by atoms with Gasteiger partial charge in [-0.25, -0.2) is 0 Å². The summed E-state index contributed by atoms with van der Waals surface area (Å²) in [7, 11) is 0. The average Bonchev–Trinajstić information content (AvgIpc) is 2.42. The Labute approximate surface area is 116 Å². The molecule has 0 atom stereocenters. The molecular formula is C16H25NO2. The third kappa shape index (κ3) is 4.35. The van der Waals surface area contributed by atoms with Crippen molar-refractivity contribution in [1.82, 2.24) is 5.32 Å². The lowest BCUT2D eigenvalue weighted by molar-refractivity contribution is -0.136. The molecule has 1 aromatic carbocycles. The van der Waals surface area contributed by atoms with Crippen molar-refractivity contribution in [2.75, 3.05) is 0 Å². The summed E-state index contributed by atoms with van der Waals surface area (Å²) in [5.74, 6) is -0.778. The van der Waals surface area contributed by atoms with Crippen LogP contribution >= 0.6 is 0 Å². The summed E-state index contributed by atoms with van der Waals surface area (Å²) in [6, 6.07) is 7.77. The first-order valence-electron chi connectivity index (χ1n) is 7.10. The second-order valence-electron chi connectivity index (χ2n) is 5.03. The van der Waals surface area contributed by atoms with Crippen LogP contribution in [0.4, 0.5) is 0 Å². The number of benzene rings is 1. The molecule has 0 bridgehead atoms. The van der Waals surface area contributed by atoms with E-state index in [0.29, 0.717) is 0 Å². The van der Waals surface area contributed by atoms with Gasteiger partial charge in [-0.05, 0) is 30.4 Å². The van der Waals surface area contributed by atoms with Crippen LogP contribution < -0.4 is 5.32 Å². The van der Waals surface area contributed by atoms with Crippen molar-refractivity contribution in [3.8, 4) is 0 Å². The number of carboxylic acids is 1. The molecule has 19 heavy (non-hydrogen) atoms. The molecule has 3 heteroatoms. The van der Waals surface area contributed by atoms with Crippen LogP contribution in [-0.4, -0.2) is 16.6 Å². The number of carboxylic acid groups (broad SMARTS) is 1. The Balaban J connectivity index is 2.79. The van der Waals surface area contributed by atoms with E-state index in [4.69, 9.17) is 5.11 Å². The Kier molecular flexibility index (Phi) is 6.03. The Bertz CT molecular complexity index is 403. The first-order chi connectivity index (χ1) is 9.06. The van der Waals surface area contributed by atoms with Crippen LogP contribution in [0.25, 0.3) is 0 Å². The highest BCUT2D eigenvalue weighted by atomic mass is 16.4. The molecule has 0 aromatic heterocycles. The van der Waals surface area contributed by atoms with E-state index in [0.717, 1.165) is 36.9 Å². The molecule has 0 aliphatic carbocycles. The Morgan fingerprint density at radius 3 is 2.11 bits per heavy atom. The fourth-order valence-corrected chi connectivity index (χ4v) is 2.47. The molecule has 0 unspecified atom stereocenters. The van der Waals surface area contributed by atoms with Gasteiger partial charge in [0.05, 0.1) is 6.42 Å². The van der Waals surface area contributed by atoms with Crippen molar-refractivity contribution in [2.45, 2.75) is 58.5 Å². The van der Waals surface area contributed by atoms with E-state index in [1.165, 1.54) is 0 Å². The fourth-order valence-electron chi connectivity index (χ4n) is 2.47. The predicted octanol–water partition coefficient (Wildman–Crippen LogP) is 3.37. The van der Waals surface area contributed by atoms with Crippen molar-refractivity contribution in [1.29, 1.82) is 0 Å². The number of nitrogens with one attached hydrogen (secondary N) is 1. The van der Waals surface area contributed by atoms with Crippen LogP contribution in [0.5, 0.6) is 0 Å². The van der Waals surface area contributed by atoms with Crippen molar-refractivity contribution in [3.63, 3.8) is 0 Å². The lowest BCUT2D eigenvalue weighted by atomic mass is 9.89. The Morgan fingerprint density at radius 2 is 1.63 bits per heavy atom. The number of aliphatic carboxylic acids is 1. The summed E-state index contributed by atoms with van der Waals surface area (Å²) in [6.45, 7) is 7.33. The third-order valence-electron chi connectivity index (χ3n) is 4.14. The fraction of sp³-hybridized carbons (Fsp3) is 0.562. The molecule has 0 saturated heterocycles. The molecule has 0 heterocycles. The molecule has 0 aliphatic heterocycles. The molecule has 0 spiro atoms. The second kappa shape index (κ2) is 7.29. The number of carbonyl (C=O) groups is 1. The Morgan fingerprint density at radius 1 is 1.11 bits per heavy atom. The molecule has 1 rings (SSSR count). The van der Waals surface area contributed by atoms with Crippen LogP contribution in [0.15, 0.2) is 24.3 Å². The maximum absolute atomic E-state index is 10.9. The molecule has 3 nitrogen and oxygen atoms in total. The minimum Gasteiger partial charge on any atom is -0.481 e. The van der Waals surface area contributed by atoms with E-state index in [1.807, 2.05) is 24.3 Å². The normalized spacial score (nSPS) is 11.5. The van der Waals surface area contributed by atoms with E-state index in [9.17, 15) is 4.79 Å². The highest BCUT2D eigenvalue weighted by molar-refractivity contribution is 5.70. The van der Waals surface area contributed by atoms with Gasteiger partial charge < -0.3 is 10.4 Å². The van der Waals surface area contributed by atoms with E-state index in [1.54, 1.807) is 0 Å². The van der Waals surface area contributed by atoms with Gasteiger partial charge in [0.2, 0.25) is 0 Å². The van der Waals surface area contributed by atoms with Gasteiger partial charge in [0, 0.05) is 12.1 Å². The topological polar surface area (TPSA) is 49.3 Å². The van der Waals surface area contributed by atoms with Gasteiger partial charge in [-0.15, -0.1) is 0 Å². The van der Waals surface area contributed by atoms with Gasteiger partial charge >= 0.3 is 5.97 Å². The van der Waals surface area contributed by atoms with E-state index in [2.05, 4.69) is 26.1 Å². The van der Waals surface area contributed by atoms with Gasteiger partial charge in [0.1, 0.15) is 0 Å². The quantitative estimate of drug-likeness (QED) is 0.756. The first-order valence-corrected chi connectivity index (χ1v) is 7.10. The third-order valence-corrected chi connectivity index (χ3v) is 4.14. The summed E-state index contributed by atoms with van der Waals surface area (Å²) in [6.07, 6.45) is 3.35. The zero-order valence-corrected chi connectivity index (χ0v) is 12.2. The van der Waals surface area contributed by atoms with E-state index in [-0.39, 0.29) is 12.0 Å². The van der Waals surface area contributed by atoms with Crippen molar-refractivity contribution in [3.05, 3.63) is 35.4 Å². The molecule has 0 amide bonds. The van der Waals surface area contributed by atoms with Crippen molar-refractivity contribution < 1.29 is 9.90 Å². The SMILES string of the molecule is CCC(CC)(CC)NCc1ccccc1CC(=O)O. The Hall–Kier alpha value is -1.35. The van der Waals surface area contributed by atoms with Gasteiger partial charge in [0.25, 0.3) is 0 Å². The molecule has 0 fully saturated rings. The maximum atomic E-state index is 10.9. The largest absolute Gasteiger partial charge is 0.481 e. The van der Waals surface area contributed by atoms with Crippen molar-refractivity contribution in [2.24, 2.45) is 0 Å². The molecule has 2 N–H and O–H groups in total. The summed E-state index contributed by atoms with van der Waals surface area (Å²) < 4.78 is 0. The smallest absolute Gasteiger partial charge is 0.307 e. The zero-order chi connectivity index (χ0) is 14.3. The molecule has 0 aliphatic rings. The minimum atomic E-state index is -0.778. The number of hydrogen-bond donors (Lipinski definition) is 2. The number of hydrogen-bond acceptors (Lipinski definition) is 2. The summed E-state index contributed by atoms with van der Waals surface area (Å²) in [5, 5.41) is 12.6. The van der Waals surface area contributed by atoms with Gasteiger partial charge in [0.15, 0.2) is 0 Å². The molecule has 106 valence electrons. The van der Waals surface area contributed by atoms with E-state index < -0.39 is 5.97 Å². The van der Waals surface area contributed by atoms with Gasteiger partial charge in [-0.2, -0.15) is 0 Å². The molecular weight excluding hydrogens is 238 g/mol. The van der Waals surface area contributed by atoms with Gasteiger partial charge in [-0.3, -0.25) is 4.79 Å². The monoisotopic (exact) mass is 263 g/mol. The lowest BCUT2D eigenvalue weighted by Gasteiger charge is -2.32. The standard InChI is InChI=1S/C16H25NO2/c1-4-16(5-2,6-3)17-12-14-10-8-7-9-13(14)11-15(18)19/h7-10,17H,4-6,11-12H2,1-3H3,(H,18,19). The predicted molar refractivity (Wildman–Crippen MR) is 78.2 cm³/mol. The van der Waals surface area contributed by atoms with Crippen LogP contribution in [0, 0.1) is 0 Å². The molecule has 0 radical (unpaired) electrons. The van der Waals surface area contributed by atoms with Crippen molar-refractivity contribution >= 4 is 5.97 Å². The second-order valence-corrected chi connectivity index (χ2v) is 5.03. The maximum Gasteiger partial charge on any atom is 0.307 e.